The highest BCUT2D eigenvalue weighted by Gasteiger charge is 2.27. The van der Waals surface area contributed by atoms with E-state index in [0.29, 0.717) is 12.3 Å². The minimum Gasteiger partial charge on any atom is -0.372 e. The number of carbonyl (C=O) groups is 1. The molecule has 0 fully saturated rings. The van der Waals surface area contributed by atoms with Crippen molar-refractivity contribution in [2.75, 3.05) is 25.5 Å². The average Bonchev–Trinajstić information content (AvgIpc) is 2.41. The number of ether oxygens (including phenoxy) is 1. The topological polar surface area (TPSA) is 38.3 Å². The highest BCUT2D eigenvalue weighted by Crippen LogP contribution is 2.17. The highest BCUT2D eigenvalue weighted by molar-refractivity contribution is 7.99. The summed E-state index contributed by atoms with van der Waals surface area (Å²) in [7, 11) is 0. The normalized spacial score (nSPS) is 11.4. The van der Waals surface area contributed by atoms with Gasteiger partial charge in [-0.15, -0.1) is 11.8 Å². The van der Waals surface area contributed by atoms with E-state index in [0.717, 1.165) is 4.90 Å². The highest BCUT2D eigenvalue weighted by atomic mass is 32.2. The zero-order valence-corrected chi connectivity index (χ0v) is 12.5. The lowest BCUT2D eigenvalue weighted by molar-refractivity contribution is -0.174. The summed E-state index contributed by atoms with van der Waals surface area (Å²) in [4.78, 5) is 12.5. The minimum atomic E-state index is -4.35. The summed E-state index contributed by atoms with van der Waals surface area (Å²) < 4.78 is 39.7. The number of hydrogen-bond donors (Lipinski definition) is 1. The lowest BCUT2D eigenvalue weighted by Gasteiger charge is -2.08. The molecular formula is C14H18F3NO2S. The fourth-order valence-corrected chi connectivity index (χ4v) is 2.20. The van der Waals surface area contributed by atoms with Gasteiger partial charge in [0.2, 0.25) is 5.91 Å². The second-order valence-corrected chi connectivity index (χ2v) is 5.60. The lowest BCUT2D eigenvalue weighted by atomic mass is 10.2. The molecule has 21 heavy (non-hydrogen) atoms. The molecule has 1 rings (SSSR count). The third-order valence-electron chi connectivity index (χ3n) is 2.45. The molecule has 0 heterocycles. The van der Waals surface area contributed by atoms with Crippen molar-refractivity contribution in [1.29, 1.82) is 0 Å². The van der Waals surface area contributed by atoms with Crippen LogP contribution in [0.5, 0.6) is 0 Å². The maximum atomic E-state index is 11.8. The first-order valence-electron chi connectivity index (χ1n) is 6.47. The molecule has 0 bridgehead atoms. The first kappa shape index (κ1) is 17.8. The van der Waals surface area contributed by atoms with Crippen molar-refractivity contribution in [3.63, 3.8) is 0 Å². The molecule has 1 amide bonds. The van der Waals surface area contributed by atoms with Gasteiger partial charge in [-0.25, -0.2) is 0 Å². The Morgan fingerprint density at radius 3 is 2.57 bits per heavy atom. The number of hydrogen-bond acceptors (Lipinski definition) is 3. The van der Waals surface area contributed by atoms with Crippen LogP contribution in [-0.2, 0) is 9.53 Å². The van der Waals surface area contributed by atoms with Gasteiger partial charge < -0.3 is 10.1 Å². The Hall–Kier alpha value is -1.21. The number of rotatable bonds is 8. The molecular weight excluding hydrogens is 303 g/mol. The van der Waals surface area contributed by atoms with Crippen molar-refractivity contribution < 1.29 is 22.7 Å². The van der Waals surface area contributed by atoms with E-state index in [1.165, 1.54) is 5.56 Å². The van der Waals surface area contributed by atoms with Crippen molar-refractivity contribution in [3.8, 4) is 0 Å². The van der Waals surface area contributed by atoms with Gasteiger partial charge >= 0.3 is 6.18 Å². The number of amides is 1. The zero-order valence-electron chi connectivity index (χ0n) is 11.7. The molecule has 0 atom stereocenters. The Labute approximate surface area is 126 Å². The van der Waals surface area contributed by atoms with Gasteiger partial charge in [0.05, 0.1) is 6.61 Å². The van der Waals surface area contributed by atoms with E-state index in [2.05, 4.69) is 10.1 Å². The molecule has 1 N–H and O–H groups in total. The fraction of sp³-hybridized carbons (Fsp3) is 0.500. The van der Waals surface area contributed by atoms with Gasteiger partial charge in [-0.1, -0.05) is 17.7 Å². The third-order valence-corrected chi connectivity index (χ3v) is 3.47. The second-order valence-electron chi connectivity index (χ2n) is 4.43. The van der Waals surface area contributed by atoms with Crippen molar-refractivity contribution in [1.82, 2.24) is 5.32 Å². The Kier molecular flexibility index (Phi) is 7.60. The summed E-state index contributed by atoms with van der Waals surface area (Å²) in [6.07, 6.45) is -4.41. The van der Waals surface area contributed by atoms with E-state index < -0.39 is 12.8 Å². The maximum Gasteiger partial charge on any atom is 0.411 e. The number of alkyl halides is 3. The molecule has 0 aliphatic carbocycles. The summed E-state index contributed by atoms with van der Waals surface area (Å²) in [6, 6.07) is 8.04. The summed E-state index contributed by atoms with van der Waals surface area (Å²) in [5.74, 6) is 0.403. The number of thioether (sulfide) groups is 1. The van der Waals surface area contributed by atoms with Gasteiger partial charge in [0.1, 0.15) is 6.61 Å². The standard InChI is InChI=1S/C14H18F3NO2S/c1-11-2-4-12(5-3-11)21-9-7-18-13(19)6-8-20-10-14(15,16)17/h2-5H,6-10H2,1H3,(H,18,19). The van der Waals surface area contributed by atoms with Crippen LogP contribution >= 0.6 is 11.8 Å². The van der Waals surface area contributed by atoms with Gasteiger partial charge in [-0.05, 0) is 19.1 Å². The van der Waals surface area contributed by atoms with E-state index >= 15 is 0 Å². The molecule has 0 radical (unpaired) electrons. The summed E-state index contributed by atoms with van der Waals surface area (Å²) in [5.41, 5.74) is 1.19. The lowest BCUT2D eigenvalue weighted by Crippen LogP contribution is -2.27. The van der Waals surface area contributed by atoms with Crippen LogP contribution in [0.1, 0.15) is 12.0 Å². The SMILES string of the molecule is Cc1ccc(SCCNC(=O)CCOCC(F)(F)F)cc1. The van der Waals surface area contributed by atoms with Gasteiger partial charge in [-0.2, -0.15) is 13.2 Å². The Morgan fingerprint density at radius 1 is 1.29 bits per heavy atom. The fourth-order valence-electron chi connectivity index (χ4n) is 1.43. The van der Waals surface area contributed by atoms with Crippen LogP contribution in [0.15, 0.2) is 29.2 Å². The van der Waals surface area contributed by atoms with Gasteiger partial charge in [0.25, 0.3) is 0 Å². The van der Waals surface area contributed by atoms with Crippen LogP contribution in [0.25, 0.3) is 0 Å². The third kappa shape index (κ3) is 9.36. The molecule has 0 aromatic heterocycles. The second kappa shape index (κ2) is 8.94. The Morgan fingerprint density at radius 2 is 1.95 bits per heavy atom. The number of nitrogens with one attached hydrogen (secondary N) is 1. The monoisotopic (exact) mass is 321 g/mol. The van der Waals surface area contributed by atoms with Crippen LogP contribution in [0.2, 0.25) is 0 Å². The van der Waals surface area contributed by atoms with Gasteiger partial charge in [0.15, 0.2) is 0 Å². The van der Waals surface area contributed by atoms with Crippen LogP contribution in [0, 0.1) is 6.92 Å². The molecule has 0 saturated heterocycles. The predicted octanol–water partition coefficient (Wildman–Crippen LogP) is 3.17. The quantitative estimate of drug-likeness (QED) is 0.590. The van der Waals surface area contributed by atoms with Crippen molar-refractivity contribution in [3.05, 3.63) is 29.8 Å². The van der Waals surface area contributed by atoms with E-state index in [1.54, 1.807) is 11.8 Å². The first-order valence-corrected chi connectivity index (χ1v) is 7.46. The van der Waals surface area contributed by atoms with Crippen molar-refractivity contribution in [2.24, 2.45) is 0 Å². The van der Waals surface area contributed by atoms with E-state index in [4.69, 9.17) is 0 Å². The largest absolute Gasteiger partial charge is 0.411 e. The van der Waals surface area contributed by atoms with Gasteiger partial charge in [0, 0.05) is 23.6 Å². The van der Waals surface area contributed by atoms with E-state index in [-0.39, 0.29) is 18.9 Å². The molecule has 0 spiro atoms. The molecule has 0 aliphatic heterocycles. The van der Waals surface area contributed by atoms with Crippen LogP contribution < -0.4 is 5.32 Å². The zero-order chi connectivity index (χ0) is 15.7. The van der Waals surface area contributed by atoms with Crippen LogP contribution in [0.4, 0.5) is 13.2 Å². The first-order chi connectivity index (χ1) is 9.87. The van der Waals surface area contributed by atoms with E-state index in [9.17, 15) is 18.0 Å². The number of benzene rings is 1. The summed E-state index contributed by atoms with van der Waals surface area (Å²) >= 11 is 1.61. The molecule has 118 valence electrons. The van der Waals surface area contributed by atoms with Crippen molar-refractivity contribution >= 4 is 17.7 Å². The molecule has 3 nitrogen and oxygen atoms in total. The number of carbonyl (C=O) groups excluding carboxylic acids is 1. The summed E-state index contributed by atoms with van der Waals surface area (Å²) in [5, 5.41) is 2.64. The maximum absolute atomic E-state index is 11.8. The smallest absolute Gasteiger partial charge is 0.372 e. The van der Waals surface area contributed by atoms with Crippen LogP contribution in [0.3, 0.4) is 0 Å². The predicted molar refractivity (Wildman–Crippen MR) is 76.4 cm³/mol. The average molecular weight is 321 g/mol. The van der Waals surface area contributed by atoms with Gasteiger partial charge in [-0.3, -0.25) is 4.79 Å². The molecule has 1 aromatic carbocycles. The molecule has 0 unspecified atom stereocenters. The number of aryl methyl sites for hydroxylation is 1. The molecule has 0 aliphatic rings. The number of halogens is 3. The molecule has 0 saturated carbocycles. The Bertz CT molecular complexity index is 435. The van der Waals surface area contributed by atoms with Crippen LogP contribution in [-0.4, -0.2) is 37.6 Å². The Balaban J connectivity index is 2.04. The van der Waals surface area contributed by atoms with Crippen molar-refractivity contribution in [2.45, 2.75) is 24.4 Å². The molecule has 1 aromatic rings. The summed E-state index contributed by atoms with van der Waals surface area (Å²) in [6.45, 7) is 0.937. The molecule has 7 heteroatoms. The van der Waals surface area contributed by atoms with E-state index in [1.807, 2.05) is 31.2 Å². The minimum absolute atomic E-state index is 0.0642.